The fraction of sp³-hybridized carbons (Fsp3) is 0.643. The molecule has 0 amide bonds. The van der Waals surface area contributed by atoms with Crippen LogP contribution >= 0.6 is 11.6 Å². The molecule has 0 atom stereocenters. The molecule has 2 rings (SSSR count). The van der Waals surface area contributed by atoms with Crippen LogP contribution in [0.4, 0.5) is 0 Å². The van der Waals surface area contributed by atoms with Crippen molar-refractivity contribution in [3.63, 3.8) is 0 Å². The van der Waals surface area contributed by atoms with Crippen LogP contribution in [-0.2, 0) is 9.31 Å². The van der Waals surface area contributed by atoms with Gasteiger partial charge in [-0.3, -0.25) is 0 Å². The lowest BCUT2D eigenvalue weighted by Crippen LogP contribution is -2.41. The topological polar surface area (TPSA) is 40.6 Å². The minimum Gasteiger partial charge on any atom is -0.477 e. The van der Waals surface area contributed by atoms with Gasteiger partial charge in [0.1, 0.15) is 5.02 Å². The van der Waals surface area contributed by atoms with Crippen LogP contribution in [0.3, 0.4) is 0 Å². The Bertz CT molecular complexity index is 477. The molecule has 0 saturated carbocycles. The maximum Gasteiger partial charge on any atom is 0.496 e. The van der Waals surface area contributed by atoms with Gasteiger partial charge in [-0.15, -0.1) is 0 Å². The zero-order chi connectivity index (χ0) is 15.0. The van der Waals surface area contributed by atoms with Crippen molar-refractivity contribution < 1.29 is 14.0 Å². The molecule has 0 aromatic carbocycles. The summed E-state index contributed by atoms with van der Waals surface area (Å²) in [5.41, 5.74) is 0.0563. The Morgan fingerprint density at radius 2 is 1.85 bits per heavy atom. The van der Waals surface area contributed by atoms with Crippen molar-refractivity contribution in [3.8, 4) is 5.88 Å². The van der Waals surface area contributed by atoms with Gasteiger partial charge >= 0.3 is 7.12 Å². The van der Waals surface area contributed by atoms with Crippen LogP contribution in [0, 0.1) is 0 Å². The molecule has 1 fully saturated rings. The van der Waals surface area contributed by atoms with E-state index in [2.05, 4.69) is 4.98 Å². The molecule has 2 heterocycles. The quantitative estimate of drug-likeness (QED) is 0.801. The fourth-order valence-corrected chi connectivity index (χ4v) is 2.08. The van der Waals surface area contributed by atoms with Gasteiger partial charge in [0.15, 0.2) is 0 Å². The fourth-order valence-electron chi connectivity index (χ4n) is 1.85. The Hall–Kier alpha value is -0.775. The summed E-state index contributed by atoms with van der Waals surface area (Å²) < 4.78 is 17.4. The molecule has 1 aromatic rings. The molecule has 0 unspecified atom stereocenters. The van der Waals surface area contributed by atoms with Crippen LogP contribution in [0.15, 0.2) is 12.3 Å². The minimum absolute atomic E-state index is 0.373. The van der Waals surface area contributed by atoms with Gasteiger partial charge in [-0.25, -0.2) is 4.98 Å². The first-order valence-corrected chi connectivity index (χ1v) is 7.28. The molecule has 1 aromatic heterocycles. The Morgan fingerprint density at radius 3 is 2.35 bits per heavy atom. The summed E-state index contributed by atoms with van der Waals surface area (Å²) in [6, 6.07) is 1.79. The van der Waals surface area contributed by atoms with E-state index in [1.165, 1.54) is 0 Å². The van der Waals surface area contributed by atoms with E-state index in [-0.39, 0.29) is 11.2 Å². The second kappa shape index (κ2) is 5.55. The molecule has 1 aliphatic heterocycles. The van der Waals surface area contributed by atoms with Gasteiger partial charge in [-0.05, 0) is 40.2 Å². The van der Waals surface area contributed by atoms with E-state index < -0.39 is 7.12 Å². The first-order chi connectivity index (χ1) is 9.27. The largest absolute Gasteiger partial charge is 0.496 e. The molecular formula is C14H21BClNO3. The molecule has 4 nitrogen and oxygen atoms in total. The van der Waals surface area contributed by atoms with Crippen molar-refractivity contribution >= 4 is 24.2 Å². The number of ether oxygens (including phenoxy) is 1. The van der Waals surface area contributed by atoms with Gasteiger partial charge in [0.05, 0.1) is 17.8 Å². The van der Waals surface area contributed by atoms with Gasteiger partial charge in [0, 0.05) is 11.7 Å². The van der Waals surface area contributed by atoms with Gasteiger partial charge in [0.25, 0.3) is 0 Å². The Kier molecular flexibility index (Phi) is 4.33. The summed E-state index contributed by atoms with van der Waals surface area (Å²) in [5.74, 6) is 0.453. The Labute approximate surface area is 125 Å². The molecule has 1 saturated heterocycles. The number of rotatable bonds is 4. The molecule has 0 radical (unpaired) electrons. The minimum atomic E-state index is -0.453. The Balaban J connectivity index is 2.17. The zero-order valence-electron chi connectivity index (χ0n) is 12.7. The maximum atomic E-state index is 6.19. The summed E-state index contributed by atoms with van der Waals surface area (Å²) in [7, 11) is -0.453. The average Bonchev–Trinajstić information content (AvgIpc) is 2.57. The second-order valence-electron chi connectivity index (χ2n) is 5.99. The van der Waals surface area contributed by atoms with Gasteiger partial charge in [0.2, 0.25) is 5.88 Å². The summed E-state index contributed by atoms with van der Waals surface area (Å²) in [6.07, 6.45) is 2.61. The third-order valence-electron chi connectivity index (χ3n) is 3.80. The number of aromatic nitrogens is 1. The zero-order valence-corrected chi connectivity index (χ0v) is 13.5. The maximum absolute atomic E-state index is 6.19. The summed E-state index contributed by atoms with van der Waals surface area (Å²) in [4.78, 5) is 4.24. The molecule has 0 N–H and O–H groups in total. The first kappa shape index (κ1) is 15.6. The standard InChI is InChI=1S/C14H21BClNO3/c1-6-7-18-12-11(16)8-10(9-17-12)15-19-13(2,3)14(4,5)20-15/h8-9H,6-7H2,1-5H3. The number of hydrogen-bond donors (Lipinski definition) is 0. The van der Waals surface area contributed by atoms with Crippen LogP contribution < -0.4 is 10.2 Å². The lowest BCUT2D eigenvalue weighted by molar-refractivity contribution is 0.00578. The highest BCUT2D eigenvalue weighted by Gasteiger charge is 2.51. The molecule has 20 heavy (non-hydrogen) atoms. The van der Waals surface area contributed by atoms with Crippen molar-refractivity contribution in [2.24, 2.45) is 0 Å². The van der Waals surface area contributed by atoms with Crippen molar-refractivity contribution in [2.75, 3.05) is 6.61 Å². The molecule has 0 bridgehead atoms. The monoisotopic (exact) mass is 297 g/mol. The Morgan fingerprint density at radius 1 is 1.25 bits per heavy atom. The predicted octanol–water partition coefficient (Wildman–Crippen LogP) is 2.82. The number of halogens is 1. The van der Waals surface area contributed by atoms with Gasteiger partial charge < -0.3 is 14.0 Å². The van der Waals surface area contributed by atoms with Crippen molar-refractivity contribution in [2.45, 2.75) is 52.2 Å². The highest BCUT2D eigenvalue weighted by molar-refractivity contribution is 6.62. The molecule has 110 valence electrons. The van der Waals surface area contributed by atoms with Crippen molar-refractivity contribution in [3.05, 3.63) is 17.3 Å². The SMILES string of the molecule is CCCOc1ncc(B2OC(C)(C)C(C)(C)O2)cc1Cl. The smallest absolute Gasteiger partial charge is 0.477 e. The summed E-state index contributed by atoms with van der Waals surface area (Å²) >= 11 is 6.19. The van der Waals surface area contributed by atoms with Gasteiger partial charge in [-0.1, -0.05) is 18.5 Å². The summed E-state index contributed by atoms with van der Waals surface area (Å²) in [5, 5.41) is 0.477. The van der Waals surface area contributed by atoms with Crippen molar-refractivity contribution in [1.82, 2.24) is 4.98 Å². The third-order valence-corrected chi connectivity index (χ3v) is 4.07. The van der Waals surface area contributed by atoms with E-state index in [1.807, 2.05) is 34.6 Å². The second-order valence-corrected chi connectivity index (χ2v) is 6.40. The van der Waals surface area contributed by atoms with Crippen LogP contribution in [0.25, 0.3) is 0 Å². The third kappa shape index (κ3) is 2.95. The lowest BCUT2D eigenvalue weighted by atomic mass is 9.80. The van der Waals surface area contributed by atoms with Crippen LogP contribution in [0.5, 0.6) is 5.88 Å². The molecule has 6 heteroatoms. The molecule has 1 aliphatic rings. The first-order valence-electron chi connectivity index (χ1n) is 6.91. The highest BCUT2D eigenvalue weighted by Crippen LogP contribution is 2.36. The molecule has 0 spiro atoms. The highest BCUT2D eigenvalue weighted by atomic mass is 35.5. The average molecular weight is 298 g/mol. The number of pyridine rings is 1. The number of nitrogens with zero attached hydrogens (tertiary/aromatic N) is 1. The van der Waals surface area contributed by atoms with Gasteiger partial charge in [-0.2, -0.15) is 0 Å². The van der Waals surface area contributed by atoms with E-state index in [4.69, 9.17) is 25.6 Å². The lowest BCUT2D eigenvalue weighted by Gasteiger charge is -2.32. The van der Waals surface area contributed by atoms with Crippen molar-refractivity contribution in [1.29, 1.82) is 0 Å². The molecule has 0 aliphatic carbocycles. The van der Waals surface area contributed by atoms with Crippen LogP contribution in [0.1, 0.15) is 41.0 Å². The van der Waals surface area contributed by atoms with E-state index in [0.29, 0.717) is 17.5 Å². The number of hydrogen-bond acceptors (Lipinski definition) is 4. The normalized spacial score (nSPS) is 20.2. The van der Waals surface area contributed by atoms with E-state index in [9.17, 15) is 0 Å². The van der Waals surface area contributed by atoms with E-state index in [0.717, 1.165) is 11.9 Å². The van der Waals surface area contributed by atoms with E-state index in [1.54, 1.807) is 12.3 Å². The van der Waals surface area contributed by atoms with Crippen LogP contribution in [0.2, 0.25) is 5.02 Å². The van der Waals surface area contributed by atoms with E-state index >= 15 is 0 Å². The summed E-state index contributed by atoms with van der Waals surface area (Å²) in [6.45, 7) is 10.7. The molecular weight excluding hydrogens is 276 g/mol. The predicted molar refractivity (Wildman–Crippen MR) is 80.7 cm³/mol. The van der Waals surface area contributed by atoms with Crippen LogP contribution in [-0.4, -0.2) is 29.9 Å².